The molecule has 4 nitrogen and oxygen atoms in total. The molecular weight excluding hydrogens is 168 g/mol. The van der Waals surface area contributed by atoms with E-state index in [1.165, 1.54) is 12.3 Å². The first-order valence-electron chi connectivity index (χ1n) is 3.72. The summed E-state index contributed by atoms with van der Waals surface area (Å²) >= 11 is 0. The van der Waals surface area contributed by atoms with Crippen molar-refractivity contribution in [3.05, 3.63) is 35.4 Å². The Morgan fingerprint density at radius 3 is 2.92 bits per heavy atom. The molecular formula is C9H6N2O2. The Morgan fingerprint density at radius 2 is 2.15 bits per heavy atom. The van der Waals surface area contributed by atoms with E-state index in [0.717, 1.165) is 5.39 Å². The van der Waals surface area contributed by atoms with Gasteiger partial charge in [-0.2, -0.15) is 0 Å². The van der Waals surface area contributed by atoms with Crippen molar-refractivity contribution in [2.45, 2.75) is 0 Å². The van der Waals surface area contributed by atoms with Crippen molar-refractivity contribution in [3.8, 4) is 5.75 Å². The van der Waals surface area contributed by atoms with E-state index in [2.05, 4.69) is 10.2 Å². The zero-order valence-electron chi connectivity index (χ0n) is 6.64. The zero-order valence-corrected chi connectivity index (χ0v) is 6.64. The molecule has 0 fully saturated rings. The van der Waals surface area contributed by atoms with Crippen LogP contribution < -0.4 is 0 Å². The summed E-state index contributed by atoms with van der Waals surface area (Å²) in [6.45, 7) is 0. The Labute approximate surface area is 73.8 Å². The molecule has 0 aliphatic carbocycles. The molecule has 2 rings (SSSR count). The first-order valence-corrected chi connectivity index (χ1v) is 3.72. The Kier molecular flexibility index (Phi) is 1.66. The van der Waals surface area contributed by atoms with Crippen LogP contribution in [0.4, 0.5) is 5.82 Å². The van der Waals surface area contributed by atoms with Gasteiger partial charge < -0.3 is 5.11 Å². The monoisotopic (exact) mass is 174 g/mol. The second kappa shape index (κ2) is 2.82. The predicted molar refractivity (Wildman–Crippen MR) is 48.9 cm³/mol. The van der Waals surface area contributed by atoms with Crippen molar-refractivity contribution in [2.24, 2.45) is 5.18 Å². The fourth-order valence-corrected chi connectivity index (χ4v) is 1.21. The number of pyridine rings is 1. The molecule has 4 heteroatoms. The van der Waals surface area contributed by atoms with Crippen LogP contribution in [0, 0.1) is 4.91 Å². The average Bonchev–Trinajstić information content (AvgIpc) is 2.17. The number of benzene rings is 1. The van der Waals surface area contributed by atoms with E-state index >= 15 is 0 Å². The van der Waals surface area contributed by atoms with Gasteiger partial charge in [-0.1, -0.05) is 6.07 Å². The van der Waals surface area contributed by atoms with Crippen LogP contribution in [0.25, 0.3) is 10.8 Å². The Balaban J connectivity index is 2.86. The Hall–Kier alpha value is -1.97. The molecule has 0 amide bonds. The smallest absolute Gasteiger partial charge is 0.204 e. The fraction of sp³-hybridized carbons (Fsp3) is 0. The van der Waals surface area contributed by atoms with Gasteiger partial charge in [0.15, 0.2) is 0 Å². The SMILES string of the molecule is O=Nc1nccc2ccc(O)cc12. The summed E-state index contributed by atoms with van der Waals surface area (Å²) in [6, 6.07) is 6.49. The number of rotatable bonds is 1. The van der Waals surface area contributed by atoms with Crippen LogP contribution in [-0.2, 0) is 0 Å². The van der Waals surface area contributed by atoms with Gasteiger partial charge in [0.1, 0.15) is 5.75 Å². The maximum Gasteiger partial charge on any atom is 0.204 e. The van der Waals surface area contributed by atoms with Gasteiger partial charge in [0.25, 0.3) is 0 Å². The number of hydrogen-bond acceptors (Lipinski definition) is 4. The lowest BCUT2D eigenvalue weighted by Gasteiger charge is -1.98. The van der Waals surface area contributed by atoms with Gasteiger partial charge >= 0.3 is 0 Å². The molecule has 0 unspecified atom stereocenters. The molecule has 0 spiro atoms. The van der Waals surface area contributed by atoms with Gasteiger partial charge in [0, 0.05) is 11.6 Å². The minimum atomic E-state index is 0.102. The first-order chi connectivity index (χ1) is 6.31. The summed E-state index contributed by atoms with van der Waals surface area (Å²) in [7, 11) is 0. The molecule has 0 bridgehead atoms. The highest BCUT2D eigenvalue weighted by atomic mass is 16.3. The van der Waals surface area contributed by atoms with E-state index in [4.69, 9.17) is 0 Å². The van der Waals surface area contributed by atoms with Gasteiger partial charge in [0.05, 0.1) is 0 Å². The first kappa shape index (κ1) is 7.67. The minimum absolute atomic E-state index is 0.102. The standard InChI is InChI=1S/C9H6N2O2/c12-7-2-1-6-3-4-10-9(11-13)8(6)5-7/h1-5,12H. The second-order valence-electron chi connectivity index (χ2n) is 2.63. The van der Waals surface area contributed by atoms with E-state index in [0.29, 0.717) is 5.39 Å². The van der Waals surface area contributed by atoms with E-state index in [-0.39, 0.29) is 11.6 Å². The van der Waals surface area contributed by atoms with E-state index in [1.54, 1.807) is 18.2 Å². The van der Waals surface area contributed by atoms with Gasteiger partial charge in [0.2, 0.25) is 5.82 Å². The van der Waals surface area contributed by atoms with Crippen LogP contribution in [0.3, 0.4) is 0 Å². The molecule has 0 saturated heterocycles. The lowest BCUT2D eigenvalue weighted by atomic mass is 10.1. The number of nitrogens with zero attached hydrogens (tertiary/aromatic N) is 2. The van der Waals surface area contributed by atoms with Crippen molar-refractivity contribution < 1.29 is 5.11 Å². The molecule has 1 aromatic carbocycles. The van der Waals surface area contributed by atoms with Crippen LogP contribution in [0.2, 0.25) is 0 Å². The van der Waals surface area contributed by atoms with E-state index in [9.17, 15) is 10.0 Å². The number of nitroso groups, excluding NO2 is 1. The maximum absolute atomic E-state index is 10.3. The van der Waals surface area contributed by atoms with Crippen molar-refractivity contribution in [3.63, 3.8) is 0 Å². The molecule has 0 atom stereocenters. The van der Waals surface area contributed by atoms with Crippen LogP contribution in [-0.4, -0.2) is 10.1 Å². The highest BCUT2D eigenvalue weighted by Crippen LogP contribution is 2.26. The third kappa shape index (κ3) is 1.22. The quantitative estimate of drug-likeness (QED) is 0.675. The van der Waals surface area contributed by atoms with Crippen LogP contribution in [0.15, 0.2) is 35.6 Å². The molecule has 1 N–H and O–H groups in total. The lowest BCUT2D eigenvalue weighted by molar-refractivity contribution is 0.476. The van der Waals surface area contributed by atoms with Gasteiger partial charge in [-0.15, -0.1) is 4.91 Å². The summed E-state index contributed by atoms with van der Waals surface area (Å²) in [5, 5.41) is 13.3. The highest BCUT2D eigenvalue weighted by Gasteiger charge is 2.02. The normalized spacial score (nSPS) is 10.2. The third-order valence-electron chi connectivity index (χ3n) is 1.82. The van der Waals surface area contributed by atoms with Gasteiger partial charge in [-0.25, -0.2) is 4.98 Å². The number of hydrogen-bond donors (Lipinski definition) is 1. The number of phenolic OH excluding ortho intramolecular Hbond substituents is 1. The van der Waals surface area contributed by atoms with Crippen molar-refractivity contribution in [1.29, 1.82) is 0 Å². The Bertz CT molecular complexity index is 468. The predicted octanol–water partition coefficient (Wildman–Crippen LogP) is 2.34. The average molecular weight is 174 g/mol. The van der Waals surface area contributed by atoms with Crippen LogP contribution >= 0.6 is 0 Å². The molecule has 1 heterocycles. The molecule has 0 radical (unpaired) electrons. The lowest BCUT2D eigenvalue weighted by Crippen LogP contribution is -1.77. The maximum atomic E-state index is 10.3. The summed E-state index contributed by atoms with van der Waals surface area (Å²) in [5.41, 5.74) is 0. The second-order valence-corrected chi connectivity index (χ2v) is 2.63. The molecule has 13 heavy (non-hydrogen) atoms. The van der Waals surface area contributed by atoms with Crippen molar-refractivity contribution in [2.75, 3.05) is 0 Å². The van der Waals surface area contributed by atoms with Gasteiger partial charge in [-0.05, 0) is 28.8 Å². The van der Waals surface area contributed by atoms with E-state index in [1.807, 2.05) is 0 Å². The highest BCUT2D eigenvalue weighted by molar-refractivity contribution is 5.91. The van der Waals surface area contributed by atoms with Crippen molar-refractivity contribution >= 4 is 16.6 Å². The molecule has 64 valence electrons. The number of aromatic nitrogens is 1. The van der Waals surface area contributed by atoms with Gasteiger partial charge in [-0.3, -0.25) is 0 Å². The summed E-state index contributed by atoms with van der Waals surface area (Å²) in [6.07, 6.45) is 1.51. The number of phenols is 1. The van der Waals surface area contributed by atoms with Crippen molar-refractivity contribution in [1.82, 2.24) is 4.98 Å². The molecule has 0 saturated carbocycles. The summed E-state index contributed by atoms with van der Waals surface area (Å²) in [5.74, 6) is 0.207. The number of aromatic hydroxyl groups is 1. The molecule has 0 aliphatic heterocycles. The Morgan fingerprint density at radius 1 is 1.31 bits per heavy atom. The summed E-state index contributed by atoms with van der Waals surface area (Å²) < 4.78 is 0. The summed E-state index contributed by atoms with van der Waals surface area (Å²) in [4.78, 5) is 14.1. The molecule has 0 aliphatic rings. The molecule has 1 aromatic heterocycles. The largest absolute Gasteiger partial charge is 0.508 e. The third-order valence-corrected chi connectivity index (χ3v) is 1.82. The van der Waals surface area contributed by atoms with Crippen LogP contribution in [0.5, 0.6) is 5.75 Å². The van der Waals surface area contributed by atoms with Crippen LogP contribution in [0.1, 0.15) is 0 Å². The molecule has 2 aromatic rings. The number of fused-ring (bicyclic) bond motifs is 1. The fourth-order valence-electron chi connectivity index (χ4n) is 1.21. The zero-order chi connectivity index (χ0) is 9.26. The van der Waals surface area contributed by atoms with E-state index < -0.39 is 0 Å². The minimum Gasteiger partial charge on any atom is -0.508 e. The topological polar surface area (TPSA) is 62.5 Å².